The van der Waals surface area contributed by atoms with Gasteiger partial charge in [0, 0.05) is 24.8 Å². The molecule has 1 aromatic rings. The summed E-state index contributed by atoms with van der Waals surface area (Å²) in [6, 6.07) is 0. The molecular formula is C11H18IN3O. The number of hydrogen-bond acceptors (Lipinski definition) is 3. The Morgan fingerprint density at radius 2 is 2.12 bits per heavy atom. The predicted molar refractivity (Wildman–Crippen MR) is 73.7 cm³/mol. The molecule has 0 aliphatic heterocycles. The summed E-state index contributed by atoms with van der Waals surface area (Å²) in [5.41, 5.74) is 0.121. The lowest BCUT2D eigenvalue weighted by Crippen LogP contribution is -2.39. The van der Waals surface area contributed by atoms with Crippen LogP contribution >= 0.6 is 22.6 Å². The normalized spacial score (nSPS) is 11.8. The van der Waals surface area contributed by atoms with Crippen molar-refractivity contribution in [3.63, 3.8) is 0 Å². The first-order valence-electron chi connectivity index (χ1n) is 5.28. The van der Waals surface area contributed by atoms with Crippen molar-refractivity contribution in [3.8, 4) is 0 Å². The monoisotopic (exact) mass is 335 g/mol. The number of hydrogen-bond donors (Lipinski definition) is 1. The Bertz CT molecular complexity index is 420. The molecule has 5 heteroatoms. The highest BCUT2D eigenvalue weighted by Gasteiger charge is 2.09. The molecule has 1 aromatic heterocycles. The molecule has 0 aliphatic rings. The van der Waals surface area contributed by atoms with E-state index in [2.05, 4.69) is 31.1 Å². The van der Waals surface area contributed by atoms with Gasteiger partial charge in [0.25, 0.3) is 5.56 Å². The van der Waals surface area contributed by atoms with Crippen LogP contribution in [0.25, 0.3) is 0 Å². The molecular weight excluding hydrogens is 317 g/mol. The van der Waals surface area contributed by atoms with E-state index in [9.17, 15) is 4.79 Å². The van der Waals surface area contributed by atoms with Crippen LogP contribution in [0.1, 0.15) is 26.6 Å². The van der Waals surface area contributed by atoms with Crippen molar-refractivity contribution in [2.75, 3.05) is 6.54 Å². The van der Waals surface area contributed by atoms with Crippen molar-refractivity contribution in [1.29, 1.82) is 0 Å². The topological polar surface area (TPSA) is 46.9 Å². The van der Waals surface area contributed by atoms with Crippen molar-refractivity contribution in [2.45, 2.75) is 39.8 Å². The summed E-state index contributed by atoms with van der Waals surface area (Å²) in [4.78, 5) is 16.0. The summed E-state index contributed by atoms with van der Waals surface area (Å²) in [7, 11) is 0. The third-order valence-corrected chi connectivity index (χ3v) is 2.94. The van der Waals surface area contributed by atoms with Crippen LogP contribution < -0.4 is 10.9 Å². The number of nitrogens with one attached hydrogen (secondary N) is 1. The molecule has 0 fully saturated rings. The first kappa shape index (κ1) is 13.6. The summed E-state index contributed by atoms with van der Waals surface area (Å²) in [5, 5.41) is 3.35. The SMILES string of the molecule is Cc1ncc(I)c(=O)n1CCNC(C)(C)C. The van der Waals surface area contributed by atoms with Gasteiger partial charge in [0.1, 0.15) is 5.82 Å². The summed E-state index contributed by atoms with van der Waals surface area (Å²) in [5.74, 6) is 0.765. The van der Waals surface area contributed by atoms with Crippen LogP contribution in [-0.4, -0.2) is 21.6 Å². The van der Waals surface area contributed by atoms with Crippen molar-refractivity contribution < 1.29 is 0 Å². The third-order valence-electron chi connectivity index (χ3n) is 2.20. The molecule has 0 bridgehead atoms. The minimum absolute atomic E-state index is 0.0452. The Balaban J connectivity index is 2.75. The van der Waals surface area contributed by atoms with Crippen LogP contribution in [-0.2, 0) is 6.54 Å². The fraction of sp³-hybridized carbons (Fsp3) is 0.636. The standard InChI is InChI=1S/C11H18IN3O/c1-8-13-7-9(12)10(16)15(8)6-5-14-11(2,3)4/h7,14H,5-6H2,1-4H3. The second kappa shape index (κ2) is 5.27. The van der Waals surface area contributed by atoms with E-state index in [0.29, 0.717) is 10.1 Å². The van der Waals surface area contributed by atoms with Gasteiger partial charge in [-0.2, -0.15) is 0 Å². The van der Waals surface area contributed by atoms with Crippen LogP contribution in [0.5, 0.6) is 0 Å². The average Bonchev–Trinajstić information content (AvgIpc) is 2.16. The van der Waals surface area contributed by atoms with E-state index >= 15 is 0 Å². The van der Waals surface area contributed by atoms with Gasteiger partial charge in [-0.05, 0) is 50.3 Å². The molecule has 0 unspecified atom stereocenters. The molecule has 0 aliphatic carbocycles. The zero-order valence-corrected chi connectivity index (χ0v) is 12.3. The lowest BCUT2D eigenvalue weighted by Gasteiger charge is -2.21. The maximum Gasteiger partial charge on any atom is 0.266 e. The molecule has 0 saturated heterocycles. The molecule has 0 aromatic carbocycles. The summed E-state index contributed by atoms with van der Waals surface area (Å²) < 4.78 is 2.37. The maximum atomic E-state index is 11.8. The van der Waals surface area contributed by atoms with Gasteiger partial charge < -0.3 is 5.32 Å². The van der Waals surface area contributed by atoms with E-state index < -0.39 is 0 Å². The first-order chi connectivity index (χ1) is 7.31. The zero-order valence-electron chi connectivity index (χ0n) is 10.2. The molecule has 0 amide bonds. The summed E-state index contributed by atoms with van der Waals surface area (Å²) in [6.45, 7) is 9.60. The molecule has 0 radical (unpaired) electrons. The highest BCUT2D eigenvalue weighted by Crippen LogP contribution is 1.99. The van der Waals surface area contributed by atoms with Gasteiger partial charge in [-0.25, -0.2) is 4.98 Å². The Morgan fingerprint density at radius 1 is 1.50 bits per heavy atom. The zero-order chi connectivity index (χ0) is 12.3. The van der Waals surface area contributed by atoms with Crippen molar-refractivity contribution in [3.05, 3.63) is 25.9 Å². The number of nitrogens with zero attached hydrogens (tertiary/aromatic N) is 2. The van der Waals surface area contributed by atoms with E-state index in [0.717, 1.165) is 12.4 Å². The molecule has 0 atom stereocenters. The van der Waals surface area contributed by atoms with Crippen molar-refractivity contribution >= 4 is 22.6 Å². The fourth-order valence-electron chi connectivity index (χ4n) is 1.36. The van der Waals surface area contributed by atoms with E-state index in [1.165, 1.54) is 0 Å². The average molecular weight is 335 g/mol. The van der Waals surface area contributed by atoms with Gasteiger partial charge in [0.2, 0.25) is 0 Å². The van der Waals surface area contributed by atoms with Crippen LogP contribution in [0.15, 0.2) is 11.0 Å². The van der Waals surface area contributed by atoms with Gasteiger partial charge in [0.15, 0.2) is 0 Å². The molecule has 90 valence electrons. The van der Waals surface area contributed by atoms with E-state index in [4.69, 9.17) is 0 Å². The van der Waals surface area contributed by atoms with Crippen molar-refractivity contribution in [1.82, 2.24) is 14.9 Å². The number of aryl methyl sites for hydroxylation is 1. The Kier molecular flexibility index (Phi) is 4.49. The minimum Gasteiger partial charge on any atom is -0.310 e. The van der Waals surface area contributed by atoms with Gasteiger partial charge in [-0.3, -0.25) is 9.36 Å². The minimum atomic E-state index is 0.0452. The largest absolute Gasteiger partial charge is 0.310 e. The highest BCUT2D eigenvalue weighted by atomic mass is 127. The van der Waals surface area contributed by atoms with Crippen LogP contribution in [0.3, 0.4) is 0 Å². The molecule has 1 rings (SSSR count). The lowest BCUT2D eigenvalue weighted by atomic mass is 10.1. The fourth-order valence-corrected chi connectivity index (χ4v) is 1.79. The molecule has 0 saturated carbocycles. The molecule has 16 heavy (non-hydrogen) atoms. The lowest BCUT2D eigenvalue weighted by molar-refractivity contribution is 0.407. The summed E-state index contributed by atoms with van der Waals surface area (Å²) >= 11 is 2.02. The van der Waals surface area contributed by atoms with E-state index in [1.807, 2.05) is 29.5 Å². The Labute approximate surface area is 110 Å². The Hall–Kier alpha value is -0.430. The Morgan fingerprint density at radius 3 is 2.69 bits per heavy atom. The predicted octanol–water partition coefficient (Wildman–Crippen LogP) is 1.54. The quantitative estimate of drug-likeness (QED) is 0.853. The van der Waals surface area contributed by atoms with Crippen molar-refractivity contribution in [2.24, 2.45) is 0 Å². The first-order valence-corrected chi connectivity index (χ1v) is 6.36. The van der Waals surface area contributed by atoms with Gasteiger partial charge in [-0.15, -0.1) is 0 Å². The van der Waals surface area contributed by atoms with Gasteiger partial charge in [0.05, 0.1) is 3.57 Å². The highest BCUT2D eigenvalue weighted by molar-refractivity contribution is 14.1. The smallest absolute Gasteiger partial charge is 0.266 e. The number of rotatable bonds is 3. The number of halogens is 1. The third kappa shape index (κ3) is 3.86. The molecule has 1 N–H and O–H groups in total. The van der Waals surface area contributed by atoms with Crippen LogP contribution in [0, 0.1) is 10.5 Å². The summed E-state index contributed by atoms with van der Waals surface area (Å²) in [6.07, 6.45) is 1.62. The van der Waals surface area contributed by atoms with E-state index in [1.54, 1.807) is 10.8 Å². The maximum absolute atomic E-state index is 11.8. The molecule has 0 spiro atoms. The van der Waals surface area contributed by atoms with Gasteiger partial charge in [-0.1, -0.05) is 0 Å². The molecule has 1 heterocycles. The number of aromatic nitrogens is 2. The van der Waals surface area contributed by atoms with Gasteiger partial charge >= 0.3 is 0 Å². The second-order valence-electron chi connectivity index (χ2n) is 4.79. The molecule has 4 nitrogen and oxygen atoms in total. The van der Waals surface area contributed by atoms with Crippen LogP contribution in [0.2, 0.25) is 0 Å². The van der Waals surface area contributed by atoms with Crippen LogP contribution in [0.4, 0.5) is 0 Å². The van der Waals surface area contributed by atoms with E-state index in [-0.39, 0.29) is 11.1 Å². The second-order valence-corrected chi connectivity index (χ2v) is 5.95.